The lowest BCUT2D eigenvalue weighted by atomic mass is 10.1. The van der Waals surface area contributed by atoms with Crippen LogP contribution in [0.3, 0.4) is 0 Å². The Labute approximate surface area is 129 Å². The van der Waals surface area contributed by atoms with Gasteiger partial charge in [-0.1, -0.05) is 18.2 Å². The zero-order chi connectivity index (χ0) is 15.4. The van der Waals surface area contributed by atoms with Crippen molar-refractivity contribution in [2.45, 2.75) is 37.8 Å². The minimum absolute atomic E-state index is 0.0499. The molecule has 118 valence electrons. The highest BCUT2D eigenvalue weighted by Gasteiger charge is 2.25. The third-order valence-electron chi connectivity index (χ3n) is 4.04. The van der Waals surface area contributed by atoms with Crippen molar-refractivity contribution >= 4 is 11.9 Å². The second-order valence-electron chi connectivity index (χ2n) is 5.75. The van der Waals surface area contributed by atoms with E-state index in [4.69, 9.17) is 4.74 Å². The van der Waals surface area contributed by atoms with Crippen molar-refractivity contribution in [2.75, 3.05) is 13.1 Å². The average Bonchev–Trinajstić information content (AvgIpc) is 2.83. The van der Waals surface area contributed by atoms with E-state index in [1.165, 1.54) is 0 Å². The quantitative estimate of drug-likeness (QED) is 0.778. The van der Waals surface area contributed by atoms with Gasteiger partial charge in [0.25, 0.3) is 0 Å². The van der Waals surface area contributed by atoms with E-state index in [1.807, 2.05) is 24.3 Å². The van der Waals surface area contributed by atoms with Gasteiger partial charge in [0.05, 0.1) is 6.54 Å². The molecule has 1 aromatic rings. The molecule has 0 unspecified atom stereocenters. The molecule has 0 aliphatic carbocycles. The van der Waals surface area contributed by atoms with E-state index in [2.05, 4.69) is 16.0 Å². The largest absolute Gasteiger partial charge is 0.488 e. The first kappa shape index (κ1) is 14.7. The SMILES string of the molecule is O=C(NC[C@H]1Cc2ccccc2O1)N[C@H]1CCCCNC1=O. The number of benzene rings is 1. The number of hydrogen-bond acceptors (Lipinski definition) is 3. The topological polar surface area (TPSA) is 79.5 Å². The predicted molar refractivity (Wildman–Crippen MR) is 81.7 cm³/mol. The number of hydrogen-bond donors (Lipinski definition) is 3. The fraction of sp³-hybridized carbons (Fsp3) is 0.500. The van der Waals surface area contributed by atoms with Gasteiger partial charge >= 0.3 is 6.03 Å². The van der Waals surface area contributed by atoms with Crippen molar-refractivity contribution in [3.63, 3.8) is 0 Å². The summed E-state index contributed by atoms with van der Waals surface area (Å²) >= 11 is 0. The fourth-order valence-corrected chi connectivity index (χ4v) is 2.86. The summed E-state index contributed by atoms with van der Waals surface area (Å²) in [6, 6.07) is 7.13. The molecule has 2 atom stereocenters. The summed E-state index contributed by atoms with van der Waals surface area (Å²) in [6.07, 6.45) is 3.32. The summed E-state index contributed by atoms with van der Waals surface area (Å²) in [6.45, 7) is 1.11. The van der Waals surface area contributed by atoms with Crippen LogP contribution in [0.25, 0.3) is 0 Å². The number of rotatable bonds is 3. The predicted octanol–water partition coefficient (Wildman–Crippen LogP) is 0.958. The second-order valence-corrected chi connectivity index (χ2v) is 5.75. The molecular formula is C16H21N3O3. The molecule has 0 bridgehead atoms. The molecule has 0 aromatic heterocycles. The maximum atomic E-state index is 11.9. The van der Waals surface area contributed by atoms with Gasteiger partial charge in [-0.25, -0.2) is 4.79 Å². The first-order valence-electron chi connectivity index (χ1n) is 7.79. The number of ether oxygens (including phenoxy) is 1. The molecule has 6 heteroatoms. The zero-order valence-corrected chi connectivity index (χ0v) is 12.4. The van der Waals surface area contributed by atoms with Crippen molar-refractivity contribution in [1.29, 1.82) is 0 Å². The monoisotopic (exact) mass is 303 g/mol. The molecule has 1 saturated heterocycles. The molecule has 6 nitrogen and oxygen atoms in total. The number of fused-ring (bicyclic) bond motifs is 1. The maximum absolute atomic E-state index is 11.9. The van der Waals surface area contributed by atoms with Gasteiger partial charge in [0, 0.05) is 13.0 Å². The standard InChI is InChI=1S/C16H21N3O3/c20-15-13(6-3-4-8-17-15)19-16(21)18-10-12-9-11-5-1-2-7-14(11)22-12/h1-2,5,7,12-13H,3-4,6,8-10H2,(H,17,20)(H2,18,19,21)/t12-,13+/m1/s1. The van der Waals surface area contributed by atoms with Crippen LogP contribution in [-0.4, -0.2) is 37.2 Å². The van der Waals surface area contributed by atoms with E-state index >= 15 is 0 Å². The summed E-state index contributed by atoms with van der Waals surface area (Å²) in [5.41, 5.74) is 1.16. The maximum Gasteiger partial charge on any atom is 0.315 e. The molecule has 0 spiro atoms. The first-order chi connectivity index (χ1) is 10.7. The Morgan fingerprint density at radius 2 is 2.18 bits per heavy atom. The Morgan fingerprint density at radius 3 is 3.05 bits per heavy atom. The van der Waals surface area contributed by atoms with E-state index < -0.39 is 6.04 Å². The third kappa shape index (κ3) is 3.50. The molecule has 0 saturated carbocycles. The van der Waals surface area contributed by atoms with Gasteiger partial charge < -0.3 is 20.7 Å². The fourth-order valence-electron chi connectivity index (χ4n) is 2.86. The Balaban J connectivity index is 1.44. The van der Waals surface area contributed by atoms with Crippen LogP contribution in [-0.2, 0) is 11.2 Å². The number of carbonyl (C=O) groups excluding carboxylic acids is 2. The molecule has 2 aliphatic rings. The minimum atomic E-state index is -0.441. The van der Waals surface area contributed by atoms with E-state index in [1.54, 1.807) is 0 Å². The Morgan fingerprint density at radius 1 is 1.32 bits per heavy atom. The molecule has 1 fully saturated rings. The van der Waals surface area contributed by atoms with Crippen molar-refractivity contribution in [3.05, 3.63) is 29.8 Å². The number of amides is 3. The lowest BCUT2D eigenvalue weighted by Gasteiger charge is -2.17. The van der Waals surface area contributed by atoms with E-state index in [9.17, 15) is 9.59 Å². The van der Waals surface area contributed by atoms with Crippen molar-refractivity contribution in [1.82, 2.24) is 16.0 Å². The van der Waals surface area contributed by atoms with E-state index in [0.717, 1.165) is 30.6 Å². The molecule has 0 radical (unpaired) electrons. The highest BCUT2D eigenvalue weighted by Crippen LogP contribution is 2.27. The van der Waals surface area contributed by atoms with Crippen molar-refractivity contribution in [2.24, 2.45) is 0 Å². The first-order valence-corrected chi connectivity index (χ1v) is 7.79. The average molecular weight is 303 g/mol. The van der Waals surface area contributed by atoms with Gasteiger partial charge in [-0.05, 0) is 30.9 Å². The van der Waals surface area contributed by atoms with Crippen LogP contribution in [0, 0.1) is 0 Å². The molecular weight excluding hydrogens is 282 g/mol. The number of nitrogens with one attached hydrogen (secondary N) is 3. The molecule has 1 aromatic carbocycles. The Hall–Kier alpha value is -2.24. The molecule has 2 aliphatic heterocycles. The second kappa shape index (κ2) is 6.68. The molecule has 3 rings (SSSR count). The van der Waals surface area contributed by atoms with Crippen LogP contribution < -0.4 is 20.7 Å². The van der Waals surface area contributed by atoms with Crippen LogP contribution in [0.2, 0.25) is 0 Å². The van der Waals surface area contributed by atoms with Gasteiger partial charge in [-0.15, -0.1) is 0 Å². The molecule has 2 heterocycles. The minimum Gasteiger partial charge on any atom is -0.488 e. The Bertz CT molecular complexity index is 536. The van der Waals surface area contributed by atoms with Crippen LogP contribution in [0.5, 0.6) is 5.75 Å². The Kier molecular flexibility index (Phi) is 4.46. The van der Waals surface area contributed by atoms with Crippen molar-refractivity contribution < 1.29 is 14.3 Å². The smallest absolute Gasteiger partial charge is 0.315 e. The molecule has 22 heavy (non-hydrogen) atoms. The van der Waals surface area contributed by atoms with Gasteiger partial charge in [-0.3, -0.25) is 4.79 Å². The third-order valence-corrected chi connectivity index (χ3v) is 4.04. The normalized spacial score (nSPS) is 23.7. The van der Waals surface area contributed by atoms with Gasteiger partial charge in [0.15, 0.2) is 0 Å². The van der Waals surface area contributed by atoms with Crippen LogP contribution in [0.15, 0.2) is 24.3 Å². The molecule has 3 N–H and O–H groups in total. The van der Waals surface area contributed by atoms with Crippen LogP contribution >= 0.6 is 0 Å². The highest BCUT2D eigenvalue weighted by atomic mass is 16.5. The van der Waals surface area contributed by atoms with Crippen molar-refractivity contribution in [3.8, 4) is 5.75 Å². The number of urea groups is 1. The lowest BCUT2D eigenvalue weighted by Crippen LogP contribution is -2.50. The van der Waals surface area contributed by atoms with Gasteiger partial charge in [0.2, 0.25) is 5.91 Å². The zero-order valence-electron chi connectivity index (χ0n) is 12.4. The summed E-state index contributed by atoms with van der Waals surface area (Å²) in [5, 5.41) is 8.33. The van der Waals surface area contributed by atoms with Gasteiger partial charge in [0.1, 0.15) is 17.9 Å². The van der Waals surface area contributed by atoms with Crippen LogP contribution in [0.1, 0.15) is 24.8 Å². The lowest BCUT2D eigenvalue weighted by molar-refractivity contribution is -0.122. The molecule has 3 amide bonds. The van der Waals surface area contributed by atoms with E-state index in [-0.39, 0.29) is 18.0 Å². The summed E-state index contributed by atoms with van der Waals surface area (Å²) in [7, 11) is 0. The van der Waals surface area contributed by atoms with E-state index in [0.29, 0.717) is 19.5 Å². The highest BCUT2D eigenvalue weighted by molar-refractivity contribution is 5.87. The van der Waals surface area contributed by atoms with Crippen LogP contribution in [0.4, 0.5) is 4.79 Å². The number of para-hydroxylation sites is 1. The summed E-state index contributed by atoms with van der Waals surface area (Å²) in [4.78, 5) is 23.7. The van der Waals surface area contributed by atoms with Gasteiger partial charge in [-0.2, -0.15) is 0 Å². The summed E-state index contributed by atoms with van der Waals surface area (Å²) in [5.74, 6) is 0.787. The number of carbonyl (C=O) groups is 2. The summed E-state index contributed by atoms with van der Waals surface area (Å²) < 4.78 is 5.77.